The fraction of sp³-hybridized carbons (Fsp3) is 0.300. The zero-order valence-corrected chi connectivity index (χ0v) is 17.9. The quantitative estimate of drug-likeness (QED) is 0.383. The Morgan fingerprint density at radius 2 is 1.72 bits per heavy atom. The Morgan fingerprint density at radius 1 is 1.07 bits per heavy atom. The lowest BCUT2D eigenvalue weighted by molar-refractivity contribution is -0.140. The first-order chi connectivity index (χ1) is 13.7. The van der Waals surface area contributed by atoms with Crippen molar-refractivity contribution in [2.24, 2.45) is 5.92 Å². The summed E-state index contributed by atoms with van der Waals surface area (Å²) in [5.41, 5.74) is 0.336. The van der Waals surface area contributed by atoms with E-state index >= 15 is 0 Å². The van der Waals surface area contributed by atoms with Crippen molar-refractivity contribution in [3.05, 3.63) is 58.1 Å². The van der Waals surface area contributed by atoms with Crippen molar-refractivity contribution >= 4 is 45.0 Å². The van der Waals surface area contributed by atoms with Crippen molar-refractivity contribution in [3.63, 3.8) is 0 Å². The highest BCUT2D eigenvalue weighted by molar-refractivity contribution is 7.89. The molecular formula is C20H19Cl2NO5S. The molecule has 0 N–H and O–H groups in total. The molecule has 29 heavy (non-hydrogen) atoms. The van der Waals surface area contributed by atoms with Crippen LogP contribution >= 0.6 is 23.2 Å². The van der Waals surface area contributed by atoms with Gasteiger partial charge in [-0.2, -0.15) is 4.31 Å². The number of carbonyl (C=O) groups excluding carboxylic acids is 2. The number of halogens is 2. The lowest BCUT2D eigenvalue weighted by Gasteiger charge is -2.30. The number of benzene rings is 2. The van der Waals surface area contributed by atoms with Gasteiger partial charge in [0.05, 0.1) is 15.8 Å². The molecular weight excluding hydrogens is 437 g/mol. The van der Waals surface area contributed by atoms with Crippen molar-refractivity contribution in [1.82, 2.24) is 4.31 Å². The normalized spacial score (nSPS) is 15.8. The van der Waals surface area contributed by atoms with E-state index in [2.05, 4.69) is 0 Å². The maximum Gasteiger partial charge on any atom is 0.314 e. The lowest BCUT2D eigenvalue weighted by Crippen LogP contribution is -2.41. The van der Waals surface area contributed by atoms with Gasteiger partial charge in [-0.3, -0.25) is 9.59 Å². The van der Waals surface area contributed by atoms with E-state index in [4.69, 9.17) is 27.9 Å². The van der Waals surface area contributed by atoms with Gasteiger partial charge in [0.25, 0.3) is 0 Å². The summed E-state index contributed by atoms with van der Waals surface area (Å²) in [5, 5.41) is 0.443. The maximum atomic E-state index is 12.9. The Hall–Kier alpha value is -1.93. The number of hydrogen-bond acceptors (Lipinski definition) is 5. The fourth-order valence-electron chi connectivity index (χ4n) is 3.11. The van der Waals surface area contributed by atoms with Gasteiger partial charge < -0.3 is 4.74 Å². The minimum Gasteiger partial charge on any atom is -0.425 e. The molecule has 0 unspecified atom stereocenters. The minimum atomic E-state index is -3.75. The number of carbonyl (C=O) groups is 2. The van der Waals surface area contributed by atoms with Crippen LogP contribution < -0.4 is 4.74 Å². The second-order valence-electron chi connectivity index (χ2n) is 6.74. The van der Waals surface area contributed by atoms with Crippen LogP contribution in [0.1, 0.15) is 30.1 Å². The molecule has 3 rings (SSSR count). The van der Waals surface area contributed by atoms with E-state index in [-0.39, 0.29) is 39.6 Å². The fourth-order valence-corrected chi connectivity index (χ4v) is 4.96. The molecule has 0 bridgehead atoms. The molecule has 0 atom stereocenters. The number of nitrogens with zero attached hydrogens (tertiary/aromatic N) is 1. The van der Waals surface area contributed by atoms with Crippen molar-refractivity contribution in [2.75, 3.05) is 13.1 Å². The van der Waals surface area contributed by atoms with Crippen LogP contribution in [0, 0.1) is 5.92 Å². The zero-order chi connectivity index (χ0) is 21.2. The summed E-state index contributed by atoms with van der Waals surface area (Å²) in [6.45, 7) is 1.74. The number of ketones is 1. The molecule has 0 aromatic heterocycles. The van der Waals surface area contributed by atoms with Crippen LogP contribution in [0.5, 0.6) is 5.75 Å². The van der Waals surface area contributed by atoms with Crippen molar-refractivity contribution in [3.8, 4) is 5.75 Å². The standard InChI is InChI=1S/C20H19Cl2NO5S/c1-13(24)15-4-2-5-16(12-15)29(26,27)23-10-8-14(9-11-23)20(25)28-18-7-3-6-17(21)19(18)22/h2-7,12,14H,8-11H2,1H3. The molecule has 9 heteroatoms. The van der Waals surface area contributed by atoms with Gasteiger partial charge in [0.1, 0.15) is 5.02 Å². The van der Waals surface area contributed by atoms with Gasteiger partial charge in [0, 0.05) is 18.7 Å². The first-order valence-electron chi connectivity index (χ1n) is 8.97. The average Bonchev–Trinajstić information content (AvgIpc) is 2.71. The van der Waals surface area contributed by atoms with Crippen molar-refractivity contribution in [1.29, 1.82) is 0 Å². The molecule has 1 saturated heterocycles. The lowest BCUT2D eigenvalue weighted by atomic mass is 9.98. The number of Topliss-reactive ketones (excluding diaryl/α,β-unsaturated/α-hetero) is 1. The second-order valence-corrected chi connectivity index (χ2v) is 9.46. The number of rotatable bonds is 5. The van der Waals surface area contributed by atoms with E-state index < -0.39 is 21.9 Å². The Bertz CT molecular complexity index is 1050. The second kappa shape index (κ2) is 8.83. The highest BCUT2D eigenvalue weighted by Crippen LogP contribution is 2.33. The molecule has 2 aromatic carbocycles. The predicted octanol–water partition coefficient (Wildman–Crippen LogP) is 4.20. The number of ether oxygens (including phenoxy) is 1. The summed E-state index contributed by atoms with van der Waals surface area (Å²) < 4.78 is 32.4. The molecule has 0 aliphatic carbocycles. The van der Waals surface area contributed by atoms with E-state index in [9.17, 15) is 18.0 Å². The Morgan fingerprint density at radius 3 is 2.38 bits per heavy atom. The van der Waals surface area contributed by atoms with E-state index in [0.29, 0.717) is 18.4 Å². The van der Waals surface area contributed by atoms with Crippen LogP contribution in [0.4, 0.5) is 0 Å². The van der Waals surface area contributed by atoms with E-state index in [0.717, 1.165) is 0 Å². The molecule has 1 aliphatic heterocycles. The van der Waals surface area contributed by atoms with Crippen LogP contribution in [0.2, 0.25) is 10.0 Å². The molecule has 1 heterocycles. The summed E-state index contributed by atoms with van der Waals surface area (Å²) in [5.74, 6) is -0.937. The monoisotopic (exact) mass is 455 g/mol. The van der Waals surface area contributed by atoms with Gasteiger partial charge in [-0.1, -0.05) is 41.4 Å². The summed E-state index contributed by atoms with van der Waals surface area (Å²) in [6.07, 6.45) is 0.644. The van der Waals surface area contributed by atoms with Crippen molar-refractivity contribution < 1.29 is 22.7 Å². The average molecular weight is 456 g/mol. The third-order valence-electron chi connectivity index (χ3n) is 4.79. The number of esters is 1. The molecule has 0 saturated carbocycles. The Labute approximate surface area is 179 Å². The molecule has 0 radical (unpaired) electrons. The van der Waals surface area contributed by atoms with Crippen molar-refractivity contribution in [2.45, 2.75) is 24.7 Å². The Balaban J connectivity index is 1.66. The summed E-state index contributed by atoms with van der Waals surface area (Å²) in [4.78, 5) is 24.1. The molecule has 1 fully saturated rings. The summed E-state index contributed by atoms with van der Waals surface area (Å²) >= 11 is 12.0. The van der Waals surface area contributed by atoms with Crippen LogP contribution in [-0.2, 0) is 14.8 Å². The highest BCUT2D eigenvalue weighted by Gasteiger charge is 2.33. The molecule has 6 nitrogen and oxygen atoms in total. The zero-order valence-electron chi connectivity index (χ0n) is 15.6. The molecule has 2 aromatic rings. The third-order valence-corrected chi connectivity index (χ3v) is 7.49. The molecule has 154 valence electrons. The summed E-state index contributed by atoms with van der Waals surface area (Å²) in [7, 11) is -3.75. The number of piperidine rings is 1. The van der Waals surface area contributed by atoms with E-state index in [1.165, 1.54) is 23.4 Å². The predicted molar refractivity (Wildman–Crippen MR) is 110 cm³/mol. The largest absolute Gasteiger partial charge is 0.425 e. The Kier molecular flexibility index (Phi) is 6.63. The van der Waals surface area contributed by atoms with Crippen LogP contribution in [-0.4, -0.2) is 37.6 Å². The van der Waals surface area contributed by atoms with Gasteiger partial charge >= 0.3 is 5.97 Å². The van der Waals surface area contributed by atoms with Crippen LogP contribution in [0.15, 0.2) is 47.4 Å². The maximum absolute atomic E-state index is 12.9. The molecule has 0 amide bonds. The number of sulfonamides is 1. The van der Waals surface area contributed by atoms with Gasteiger partial charge in [-0.25, -0.2) is 8.42 Å². The van der Waals surface area contributed by atoms with Gasteiger partial charge in [0.15, 0.2) is 11.5 Å². The topological polar surface area (TPSA) is 80.8 Å². The smallest absolute Gasteiger partial charge is 0.314 e. The van der Waals surface area contributed by atoms with Crippen LogP contribution in [0.3, 0.4) is 0 Å². The minimum absolute atomic E-state index is 0.0666. The van der Waals surface area contributed by atoms with E-state index in [1.54, 1.807) is 30.3 Å². The molecule has 1 aliphatic rings. The third kappa shape index (κ3) is 4.80. The first kappa shape index (κ1) is 21.8. The van der Waals surface area contributed by atoms with E-state index in [1.807, 2.05) is 0 Å². The highest BCUT2D eigenvalue weighted by atomic mass is 35.5. The SMILES string of the molecule is CC(=O)c1cccc(S(=O)(=O)N2CCC(C(=O)Oc3cccc(Cl)c3Cl)CC2)c1. The van der Waals surface area contributed by atoms with Gasteiger partial charge in [-0.15, -0.1) is 0 Å². The summed E-state index contributed by atoms with van der Waals surface area (Å²) in [6, 6.07) is 10.7. The van der Waals surface area contributed by atoms with Gasteiger partial charge in [-0.05, 0) is 44.0 Å². The first-order valence-corrected chi connectivity index (χ1v) is 11.2. The van der Waals surface area contributed by atoms with Gasteiger partial charge in [0.2, 0.25) is 10.0 Å². The number of hydrogen-bond donors (Lipinski definition) is 0. The van der Waals surface area contributed by atoms with Crippen LogP contribution in [0.25, 0.3) is 0 Å². The molecule has 0 spiro atoms.